The molecule has 1 amide bonds. The number of carbonyl (C=O) groups excluding carboxylic acids is 1. The number of rotatable bonds is 8. The first-order valence-corrected chi connectivity index (χ1v) is 7.35. The zero-order valence-electron chi connectivity index (χ0n) is 13.1. The van der Waals surface area contributed by atoms with Crippen LogP contribution in [0.25, 0.3) is 0 Å². The molecular weight excluding hydrogens is 262 g/mol. The largest absolute Gasteiger partial charge is 0.497 e. The molecule has 0 fully saturated rings. The minimum absolute atomic E-state index is 0.0384. The van der Waals surface area contributed by atoms with Crippen molar-refractivity contribution in [1.29, 1.82) is 0 Å². The molecule has 0 unspecified atom stereocenters. The van der Waals surface area contributed by atoms with Crippen LogP contribution in [0.1, 0.15) is 25.8 Å². The molecule has 0 aromatic heterocycles. The predicted molar refractivity (Wildman–Crippen MR) is 87.4 cm³/mol. The van der Waals surface area contributed by atoms with E-state index in [1.54, 1.807) is 19.3 Å². The molecule has 0 saturated heterocycles. The van der Waals surface area contributed by atoms with Gasteiger partial charge in [0.05, 0.1) is 7.11 Å². The zero-order valence-corrected chi connectivity index (χ0v) is 13.1. The van der Waals surface area contributed by atoms with Crippen molar-refractivity contribution in [3.8, 4) is 5.75 Å². The van der Waals surface area contributed by atoms with Crippen molar-refractivity contribution in [2.75, 3.05) is 13.7 Å². The normalized spacial score (nSPS) is 11.4. The number of nitrogens with one attached hydrogen (secondary N) is 1. The molecule has 1 rings (SSSR count). The quantitative estimate of drug-likeness (QED) is 0.587. The summed E-state index contributed by atoms with van der Waals surface area (Å²) < 4.78 is 5.12. The van der Waals surface area contributed by atoms with Crippen LogP contribution < -0.4 is 10.1 Å². The second kappa shape index (κ2) is 9.81. The highest BCUT2D eigenvalue weighted by molar-refractivity contribution is 5.87. The Morgan fingerprint density at radius 2 is 1.95 bits per heavy atom. The Morgan fingerprint density at radius 1 is 1.24 bits per heavy atom. The van der Waals surface area contributed by atoms with Crippen LogP contribution in [-0.2, 0) is 11.2 Å². The summed E-state index contributed by atoms with van der Waals surface area (Å²) >= 11 is 0. The van der Waals surface area contributed by atoms with Gasteiger partial charge in [0.15, 0.2) is 0 Å². The van der Waals surface area contributed by atoms with Gasteiger partial charge in [0.1, 0.15) is 5.75 Å². The van der Waals surface area contributed by atoms with Crippen molar-refractivity contribution in [3.05, 3.63) is 54.1 Å². The molecule has 1 aromatic carbocycles. The summed E-state index contributed by atoms with van der Waals surface area (Å²) in [6.07, 6.45) is 9.25. The Balaban J connectivity index is 2.23. The second-order valence-corrected chi connectivity index (χ2v) is 5.31. The van der Waals surface area contributed by atoms with Gasteiger partial charge in [0.2, 0.25) is 5.91 Å². The number of allylic oxidation sites excluding steroid dienone is 3. The minimum atomic E-state index is -0.0384. The molecule has 0 aliphatic carbocycles. The van der Waals surface area contributed by atoms with Crippen molar-refractivity contribution >= 4 is 5.91 Å². The van der Waals surface area contributed by atoms with Crippen molar-refractivity contribution < 1.29 is 9.53 Å². The molecule has 3 heteroatoms. The average molecular weight is 287 g/mol. The van der Waals surface area contributed by atoms with Crippen molar-refractivity contribution in [1.82, 2.24) is 5.32 Å². The lowest BCUT2D eigenvalue weighted by Gasteiger charge is -2.03. The summed E-state index contributed by atoms with van der Waals surface area (Å²) in [5, 5.41) is 2.84. The van der Waals surface area contributed by atoms with E-state index < -0.39 is 0 Å². The first-order valence-electron chi connectivity index (χ1n) is 7.35. The van der Waals surface area contributed by atoms with Gasteiger partial charge in [-0.1, -0.05) is 44.2 Å². The van der Waals surface area contributed by atoms with Gasteiger partial charge in [-0.05, 0) is 36.5 Å². The molecule has 21 heavy (non-hydrogen) atoms. The van der Waals surface area contributed by atoms with E-state index in [4.69, 9.17) is 4.74 Å². The highest BCUT2D eigenvalue weighted by Crippen LogP contribution is 2.12. The Morgan fingerprint density at radius 3 is 2.57 bits per heavy atom. The lowest BCUT2D eigenvalue weighted by molar-refractivity contribution is -0.116. The number of benzene rings is 1. The topological polar surface area (TPSA) is 38.3 Å². The lowest BCUT2D eigenvalue weighted by atomic mass is 10.1. The third kappa shape index (κ3) is 7.98. The second-order valence-electron chi connectivity index (χ2n) is 5.31. The van der Waals surface area contributed by atoms with Crippen LogP contribution in [0.4, 0.5) is 0 Å². The van der Waals surface area contributed by atoms with E-state index in [-0.39, 0.29) is 5.91 Å². The van der Waals surface area contributed by atoms with Crippen LogP contribution in [0.15, 0.2) is 48.6 Å². The summed E-state index contributed by atoms with van der Waals surface area (Å²) in [6, 6.07) is 8.08. The zero-order chi connectivity index (χ0) is 15.5. The monoisotopic (exact) mass is 287 g/mol. The van der Waals surface area contributed by atoms with Crippen molar-refractivity contribution in [3.63, 3.8) is 0 Å². The molecule has 0 aliphatic rings. The third-order valence-electron chi connectivity index (χ3n) is 2.94. The predicted octanol–water partition coefficient (Wildman–Crippen LogP) is 3.51. The maximum absolute atomic E-state index is 11.4. The highest BCUT2D eigenvalue weighted by Gasteiger charge is 1.96. The number of carbonyl (C=O) groups is 1. The van der Waals surface area contributed by atoms with E-state index in [1.165, 1.54) is 5.56 Å². The maximum atomic E-state index is 11.4. The fraction of sp³-hybridized carbons (Fsp3) is 0.389. The van der Waals surface area contributed by atoms with Crippen LogP contribution in [-0.4, -0.2) is 19.6 Å². The smallest absolute Gasteiger partial charge is 0.243 e. The van der Waals surface area contributed by atoms with Crippen LogP contribution in [0.2, 0.25) is 0 Å². The highest BCUT2D eigenvalue weighted by atomic mass is 16.5. The molecule has 0 radical (unpaired) electrons. The molecule has 1 N–H and O–H groups in total. The lowest BCUT2D eigenvalue weighted by Crippen LogP contribution is -2.25. The maximum Gasteiger partial charge on any atom is 0.243 e. The molecule has 0 spiro atoms. The minimum Gasteiger partial charge on any atom is -0.497 e. The first kappa shape index (κ1) is 17.0. The molecule has 0 bridgehead atoms. The Labute approximate surface area is 127 Å². The standard InChI is InChI=1S/C18H25NO2/c1-15(2)14-19-18(20)9-7-5-4-6-8-16-10-12-17(21-3)13-11-16/h4-5,7,9-13,15H,6,8,14H2,1-3H3,(H,19,20)/b5-4+,9-7+. The summed E-state index contributed by atoms with van der Waals surface area (Å²) in [4.78, 5) is 11.4. The van der Waals surface area contributed by atoms with Gasteiger partial charge in [0.25, 0.3) is 0 Å². The van der Waals surface area contributed by atoms with Gasteiger partial charge in [-0.15, -0.1) is 0 Å². The van der Waals surface area contributed by atoms with Gasteiger partial charge < -0.3 is 10.1 Å². The summed E-state index contributed by atoms with van der Waals surface area (Å²) in [7, 11) is 1.67. The number of ether oxygens (including phenoxy) is 1. The Bertz CT molecular complexity index is 472. The van der Waals surface area contributed by atoms with E-state index in [1.807, 2.05) is 18.2 Å². The van der Waals surface area contributed by atoms with E-state index in [0.29, 0.717) is 12.5 Å². The Kier molecular flexibility index (Phi) is 7.95. The average Bonchev–Trinajstić information content (AvgIpc) is 2.49. The molecule has 3 nitrogen and oxygen atoms in total. The molecule has 114 valence electrons. The summed E-state index contributed by atoms with van der Waals surface area (Å²) in [5.41, 5.74) is 1.28. The van der Waals surface area contributed by atoms with Gasteiger partial charge in [-0.3, -0.25) is 4.79 Å². The van der Waals surface area contributed by atoms with Crippen molar-refractivity contribution in [2.45, 2.75) is 26.7 Å². The number of aryl methyl sites for hydroxylation is 1. The molecule has 0 saturated carbocycles. The number of amides is 1. The van der Waals surface area contributed by atoms with E-state index in [9.17, 15) is 4.79 Å². The molecule has 1 aromatic rings. The van der Waals surface area contributed by atoms with Gasteiger partial charge in [0, 0.05) is 12.6 Å². The summed E-state index contributed by atoms with van der Waals surface area (Å²) in [6.45, 7) is 4.86. The van der Waals surface area contributed by atoms with E-state index in [0.717, 1.165) is 18.6 Å². The van der Waals surface area contributed by atoms with Gasteiger partial charge >= 0.3 is 0 Å². The molecule has 0 aliphatic heterocycles. The van der Waals surface area contributed by atoms with Crippen molar-refractivity contribution in [2.24, 2.45) is 5.92 Å². The number of hydrogen-bond acceptors (Lipinski definition) is 2. The van der Waals surface area contributed by atoms with Gasteiger partial charge in [-0.25, -0.2) is 0 Å². The van der Waals surface area contributed by atoms with Crippen LogP contribution in [0.5, 0.6) is 5.75 Å². The van der Waals surface area contributed by atoms with Gasteiger partial charge in [-0.2, -0.15) is 0 Å². The number of hydrogen-bond donors (Lipinski definition) is 1. The van der Waals surface area contributed by atoms with Crippen LogP contribution in [0.3, 0.4) is 0 Å². The SMILES string of the molecule is COc1ccc(CC/C=C/C=C/C(=O)NCC(C)C)cc1. The first-order chi connectivity index (χ1) is 10.1. The van der Waals surface area contributed by atoms with E-state index >= 15 is 0 Å². The van der Waals surface area contributed by atoms with Crippen LogP contribution in [0, 0.1) is 5.92 Å². The molecule has 0 heterocycles. The Hall–Kier alpha value is -2.03. The fourth-order valence-corrected chi connectivity index (χ4v) is 1.72. The summed E-state index contributed by atoms with van der Waals surface area (Å²) in [5.74, 6) is 1.32. The molecule has 0 atom stereocenters. The van der Waals surface area contributed by atoms with E-state index in [2.05, 4.69) is 37.4 Å². The van der Waals surface area contributed by atoms with Crippen LogP contribution >= 0.6 is 0 Å². The fourth-order valence-electron chi connectivity index (χ4n) is 1.72. The molecular formula is C18H25NO2. The number of methoxy groups -OCH3 is 1. The third-order valence-corrected chi connectivity index (χ3v) is 2.94.